The van der Waals surface area contributed by atoms with Gasteiger partial charge in [0.05, 0.1) is 17.1 Å². The third kappa shape index (κ3) is 4.59. The van der Waals surface area contributed by atoms with Crippen molar-refractivity contribution in [2.24, 2.45) is 4.99 Å². The van der Waals surface area contributed by atoms with Crippen LogP contribution in [-0.2, 0) is 11.2 Å². The van der Waals surface area contributed by atoms with Crippen LogP contribution in [-0.4, -0.2) is 29.0 Å². The van der Waals surface area contributed by atoms with E-state index in [1.165, 1.54) is 6.33 Å². The highest BCUT2D eigenvalue weighted by Crippen LogP contribution is 2.34. The molecular weight excluding hydrogens is 443 g/mol. The second-order valence-corrected chi connectivity index (χ2v) is 8.04. The molecule has 0 spiro atoms. The lowest BCUT2D eigenvalue weighted by atomic mass is 10.1. The van der Waals surface area contributed by atoms with Gasteiger partial charge in [0.1, 0.15) is 24.5 Å². The summed E-state index contributed by atoms with van der Waals surface area (Å²) in [6, 6.07) is 16.2. The monoisotopic (exact) mass is 462 g/mol. The highest BCUT2D eigenvalue weighted by molar-refractivity contribution is 6.32. The Morgan fingerprint density at radius 2 is 2.00 bits per heavy atom. The fourth-order valence-electron chi connectivity index (χ4n) is 3.59. The fraction of sp³-hybridized carbons (Fsp3) is 0.160. The van der Waals surface area contributed by atoms with Crippen LogP contribution in [0, 0.1) is 12.7 Å². The molecule has 3 aromatic carbocycles. The van der Waals surface area contributed by atoms with Crippen LogP contribution < -0.4 is 10.1 Å². The van der Waals surface area contributed by atoms with E-state index in [0.29, 0.717) is 47.4 Å². The van der Waals surface area contributed by atoms with E-state index in [2.05, 4.69) is 20.3 Å². The van der Waals surface area contributed by atoms with Gasteiger partial charge < -0.3 is 14.8 Å². The van der Waals surface area contributed by atoms with Crippen molar-refractivity contribution in [2.75, 3.05) is 18.5 Å². The number of nitrogens with one attached hydrogen (secondary N) is 1. The molecule has 0 unspecified atom stereocenters. The van der Waals surface area contributed by atoms with E-state index in [9.17, 15) is 4.39 Å². The summed E-state index contributed by atoms with van der Waals surface area (Å²) in [5, 5.41) is 4.50. The van der Waals surface area contributed by atoms with Gasteiger partial charge in [0.25, 0.3) is 0 Å². The van der Waals surface area contributed by atoms with Gasteiger partial charge in [-0.3, -0.25) is 4.99 Å². The van der Waals surface area contributed by atoms with Crippen molar-refractivity contribution in [3.05, 3.63) is 82.9 Å². The topological polar surface area (TPSA) is 68.6 Å². The van der Waals surface area contributed by atoms with Crippen LogP contribution in [0.1, 0.15) is 11.1 Å². The van der Waals surface area contributed by atoms with E-state index in [-0.39, 0.29) is 5.75 Å². The molecule has 4 aromatic rings. The van der Waals surface area contributed by atoms with Crippen LogP contribution in [0.4, 0.5) is 15.9 Å². The quantitative estimate of drug-likeness (QED) is 0.367. The number of benzene rings is 3. The highest BCUT2D eigenvalue weighted by atomic mass is 35.5. The normalized spacial score (nSPS) is 13.0. The predicted octanol–water partition coefficient (Wildman–Crippen LogP) is 6.24. The molecule has 33 heavy (non-hydrogen) atoms. The van der Waals surface area contributed by atoms with Crippen molar-refractivity contribution >= 4 is 39.9 Å². The maximum atomic E-state index is 14.3. The third-order valence-electron chi connectivity index (χ3n) is 5.27. The molecule has 8 heteroatoms. The van der Waals surface area contributed by atoms with E-state index in [4.69, 9.17) is 21.1 Å². The second kappa shape index (κ2) is 9.03. The molecule has 0 atom stereocenters. The number of fused-ring (bicyclic) bond motifs is 1. The Bertz CT molecular complexity index is 1380. The summed E-state index contributed by atoms with van der Waals surface area (Å²) in [6.45, 7) is 3.02. The van der Waals surface area contributed by atoms with E-state index in [0.717, 1.165) is 22.4 Å². The summed E-state index contributed by atoms with van der Waals surface area (Å²) in [5.41, 5.74) is 3.09. The summed E-state index contributed by atoms with van der Waals surface area (Å²) in [5.74, 6) is 1.47. The molecule has 0 aliphatic carbocycles. The molecule has 0 fully saturated rings. The summed E-state index contributed by atoms with van der Waals surface area (Å²) in [6.07, 6.45) is 2.13. The molecule has 0 saturated carbocycles. The molecule has 1 N–H and O–H groups in total. The van der Waals surface area contributed by atoms with Gasteiger partial charge in [0.15, 0.2) is 17.5 Å². The third-order valence-corrected chi connectivity index (χ3v) is 5.57. The zero-order valence-corrected chi connectivity index (χ0v) is 18.6. The number of anilines is 2. The molecule has 0 saturated heterocycles. The maximum absolute atomic E-state index is 14.3. The molecule has 5 rings (SSSR count). The van der Waals surface area contributed by atoms with Crippen molar-refractivity contribution in [1.82, 2.24) is 9.97 Å². The lowest BCUT2D eigenvalue weighted by Gasteiger charge is -2.13. The van der Waals surface area contributed by atoms with Gasteiger partial charge in [-0.2, -0.15) is 0 Å². The summed E-state index contributed by atoms with van der Waals surface area (Å²) in [7, 11) is 0. The number of aromatic nitrogens is 2. The fourth-order valence-corrected chi connectivity index (χ4v) is 3.81. The SMILES string of the molecule is Cc1cccc(Oc2ccc(Nc3ncnc4ccc(CC5=NCCO5)cc34)cc2Cl)c1F. The van der Waals surface area contributed by atoms with Gasteiger partial charge in [-0.25, -0.2) is 14.4 Å². The predicted molar refractivity (Wildman–Crippen MR) is 127 cm³/mol. The van der Waals surface area contributed by atoms with Gasteiger partial charge in [0, 0.05) is 17.5 Å². The Labute approximate surface area is 195 Å². The summed E-state index contributed by atoms with van der Waals surface area (Å²) >= 11 is 6.43. The average Bonchev–Trinajstić information content (AvgIpc) is 3.32. The van der Waals surface area contributed by atoms with E-state index in [1.807, 2.05) is 18.2 Å². The van der Waals surface area contributed by atoms with Gasteiger partial charge in [-0.1, -0.05) is 29.8 Å². The molecule has 1 aromatic heterocycles. The number of hydrogen-bond donors (Lipinski definition) is 1. The lowest BCUT2D eigenvalue weighted by molar-refractivity contribution is 0.341. The molecule has 0 bridgehead atoms. The summed E-state index contributed by atoms with van der Waals surface area (Å²) in [4.78, 5) is 13.1. The minimum absolute atomic E-state index is 0.128. The zero-order valence-electron chi connectivity index (χ0n) is 17.8. The molecular formula is C25H20ClFN4O2. The molecule has 1 aliphatic heterocycles. The van der Waals surface area contributed by atoms with Crippen LogP contribution >= 0.6 is 11.6 Å². The van der Waals surface area contributed by atoms with E-state index >= 15 is 0 Å². The first-order valence-electron chi connectivity index (χ1n) is 10.5. The highest BCUT2D eigenvalue weighted by Gasteiger charge is 2.13. The van der Waals surface area contributed by atoms with Gasteiger partial charge in [0.2, 0.25) is 0 Å². The Morgan fingerprint density at radius 1 is 1.09 bits per heavy atom. The van der Waals surface area contributed by atoms with E-state index in [1.54, 1.807) is 43.3 Å². The van der Waals surface area contributed by atoms with E-state index < -0.39 is 5.82 Å². The van der Waals surface area contributed by atoms with Crippen molar-refractivity contribution in [1.29, 1.82) is 0 Å². The standard InChI is InChI=1S/C25H20ClFN4O2/c1-15-3-2-4-22(24(15)27)33-21-8-6-17(13-19(21)26)31-25-18-11-16(12-23-28-9-10-32-23)5-7-20(18)29-14-30-25/h2-8,11,13-14H,9-10,12H2,1H3,(H,29,30,31). The number of nitrogens with zero attached hydrogens (tertiary/aromatic N) is 3. The van der Waals surface area contributed by atoms with Gasteiger partial charge >= 0.3 is 0 Å². The molecule has 1 aliphatic rings. The Balaban J connectivity index is 1.39. The molecule has 0 amide bonds. The molecule has 0 radical (unpaired) electrons. The largest absolute Gasteiger partial charge is 0.479 e. The number of hydrogen-bond acceptors (Lipinski definition) is 6. The van der Waals surface area contributed by atoms with Crippen molar-refractivity contribution in [3.8, 4) is 11.5 Å². The Kier molecular flexibility index (Phi) is 5.79. The minimum Gasteiger partial charge on any atom is -0.479 e. The Morgan fingerprint density at radius 3 is 2.82 bits per heavy atom. The van der Waals surface area contributed by atoms with Gasteiger partial charge in [-0.05, 0) is 54.4 Å². The number of aryl methyl sites for hydroxylation is 1. The maximum Gasteiger partial charge on any atom is 0.187 e. The van der Waals surface area contributed by atoms with Crippen LogP contribution in [0.3, 0.4) is 0 Å². The average molecular weight is 463 g/mol. The number of ether oxygens (including phenoxy) is 2. The van der Waals surface area contributed by atoms with Crippen LogP contribution in [0.15, 0.2) is 65.9 Å². The molecule has 2 heterocycles. The number of halogens is 2. The number of rotatable bonds is 6. The van der Waals surface area contributed by atoms with Crippen LogP contribution in [0.5, 0.6) is 11.5 Å². The smallest absolute Gasteiger partial charge is 0.187 e. The van der Waals surface area contributed by atoms with Crippen LogP contribution in [0.25, 0.3) is 10.9 Å². The van der Waals surface area contributed by atoms with Crippen molar-refractivity contribution < 1.29 is 13.9 Å². The zero-order chi connectivity index (χ0) is 22.8. The minimum atomic E-state index is -0.409. The molecule has 6 nitrogen and oxygen atoms in total. The first-order valence-corrected chi connectivity index (χ1v) is 10.8. The van der Waals surface area contributed by atoms with Crippen molar-refractivity contribution in [3.63, 3.8) is 0 Å². The lowest BCUT2D eigenvalue weighted by Crippen LogP contribution is -2.03. The number of aliphatic imine (C=N–C) groups is 1. The first-order chi connectivity index (χ1) is 16.1. The van der Waals surface area contributed by atoms with Crippen molar-refractivity contribution in [2.45, 2.75) is 13.3 Å². The second-order valence-electron chi connectivity index (χ2n) is 7.63. The Hall–Kier alpha value is -3.71. The molecule has 166 valence electrons. The van der Waals surface area contributed by atoms with Crippen LogP contribution in [0.2, 0.25) is 5.02 Å². The van der Waals surface area contributed by atoms with Gasteiger partial charge in [-0.15, -0.1) is 0 Å². The first kappa shape index (κ1) is 21.2. The summed E-state index contributed by atoms with van der Waals surface area (Å²) < 4.78 is 25.5.